The van der Waals surface area contributed by atoms with Crippen molar-refractivity contribution >= 4 is 11.0 Å². The first-order valence-electron chi connectivity index (χ1n) is 10.2. The number of aromatic nitrogens is 2. The first-order valence-corrected chi connectivity index (χ1v) is 10.2. The molecule has 1 N–H and O–H groups in total. The fourth-order valence-corrected chi connectivity index (χ4v) is 5.28. The Bertz CT molecular complexity index is 1020. The maximum Gasteiger partial charge on any atom is 0.326 e. The van der Waals surface area contributed by atoms with Crippen LogP contribution in [0.25, 0.3) is 11.0 Å². The summed E-state index contributed by atoms with van der Waals surface area (Å²) in [4.78, 5) is 18.2. The zero-order valence-electron chi connectivity index (χ0n) is 15.9. The van der Waals surface area contributed by atoms with Crippen LogP contribution in [0.4, 0.5) is 0 Å². The number of fused-ring (bicyclic) bond motifs is 2. The molecule has 0 unspecified atom stereocenters. The van der Waals surface area contributed by atoms with Crippen molar-refractivity contribution < 1.29 is 0 Å². The second-order valence-electron chi connectivity index (χ2n) is 8.14. The van der Waals surface area contributed by atoms with Crippen LogP contribution in [-0.4, -0.2) is 27.5 Å². The van der Waals surface area contributed by atoms with Crippen LogP contribution in [0, 0.1) is 6.92 Å². The standard InChI is InChI=1S/C23H27N3O/c1-16-6-4-8-19-18(16)7-5-11-21(19)25-14-12-17(13-15-25)26-22-10-3-2-9-20(22)24-23(26)27/h2-4,6,8-10,17,21H,5,7,11-15H2,1H3,(H,24,27)/t21-/m1/s1. The summed E-state index contributed by atoms with van der Waals surface area (Å²) in [6.45, 7) is 4.38. The Morgan fingerprint density at radius 1 is 1.00 bits per heavy atom. The number of piperidine rings is 1. The number of imidazole rings is 1. The Morgan fingerprint density at radius 2 is 1.81 bits per heavy atom. The van der Waals surface area contributed by atoms with Crippen LogP contribution >= 0.6 is 0 Å². The predicted molar refractivity (Wildman–Crippen MR) is 109 cm³/mol. The maximum atomic E-state index is 12.5. The molecule has 1 aromatic heterocycles. The van der Waals surface area contributed by atoms with E-state index in [9.17, 15) is 4.79 Å². The lowest BCUT2D eigenvalue weighted by molar-refractivity contribution is 0.123. The van der Waals surface area contributed by atoms with Gasteiger partial charge in [-0.25, -0.2) is 4.79 Å². The van der Waals surface area contributed by atoms with E-state index in [0.717, 1.165) is 37.0 Å². The highest BCUT2D eigenvalue weighted by Crippen LogP contribution is 2.38. The van der Waals surface area contributed by atoms with Gasteiger partial charge in [0, 0.05) is 25.2 Å². The molecule has 140 valence electrons. The minimum absolute atomic E-state index is 0.0355. The topological polar surface area (TPSA) is 41.0 Å². The van der Waals surface area contributed by atoms with Crippen molar-refractivity contribution in [3.63, 3.8) is 0 Å². The van der Waals surface area contributed by atoms with Gasteiger partial charge in [-0.1, -0.05) is 30.3 Å². The van der Waals surface area contributed by atoms with Crippen molar-refractivity contribution in [1.82, 2.24) is 14.5 Å². The molecule has 4 heteroatoms. The first-order chi connectivity index (χ1) is 13.2. The van der Waals surface area contributed by atoms with Gasteiger partial charge in [-0.2, -0.15) is 0 Å². The van der Waals surface area contributed by atoms with Crippen LogP contribution in [0.2, 0.25) is 0 Å². The van der Waals surface area contributed by atoms with Crippen LogP contribution in [-0.2, 0) is 6.42 Å². The second kappa shape index (κ2) is 6.68. The van der Waals surface area contributed by atoms with E-state index >= 15 is 0 Å². The fourth-order valence-electron chi connectivity index (χ4n) is 5.28. The lowest BCUT2D eigenvalue weighted by atomic mass is 9.83. The Morgan fingerprint density at radius 3 is 2.67 bits per heavy atom. The summed E-state index contributed by atoms with van der Waals surface area (Å²) < 4.78 is 1.99. The highest BCUT2D eigenvalue weighted by atomic mass is 16.1. The molecule has 1 aliphatic carbocycles. The van der Waals surface area contributed by atoms with Crippen LogP contribution in [0.3, 0.4) is 0 Å². The van der Waals surface area contributed by atoms with Gasteiger partial charge in [0.2, 0.25) is 0 Å². The molecule has 1 atom stereocenters. The summed E-state index contributed by atoms with van der Waals surface area (Å²) in [6, 6.07) is 15.7. The minimum Gasteiger partial charge on any atom is -0.306 e. The van der Waals surface area contributed by atoms with E-state index in [1.165, 1.54) is 24.8 Å². The van der Waals surface area contributed by atoms with Crippen molar-refractivity contribution in [1.29, 1.82) is 0 Å². The number of aromatic amines is 1. The molecule has 1 aliphatic heterocycles. The van der Waals surface area contributed by atoms with Crippen molar-refractivity contribution in [2.45, 2.75) is 51.1 Å². The summed E-state index contributed by atoms with van der Waals surface area (Å²) in [7, 11) is 0. The van der Waals surface area contributed by atoms with Gasteiger partial charge in [0.05, 0.1) is 11.0 Å². The van der Waals surface area contributed by atoms with Crippen molar-refractivity contribution in [3.8, 4) is 0 Å². The molecule has 27 heavy (non-hydrogen) atoms. The van der Waals surface area contributed by atoms with Crippen LogP contribution in [0.5, 0.6) is 0 Å². The molecule has 2 aromatic carbocycles. The molecule has 0 amide bonds. The number of benzene rings is 2. The summed E-state index contributed by atoms with van der Waals surface area (Å²) in [5.41, 5.74) is 6.58. The molecule has 0 saturated carbocycles. The van der Waals surface area contributed by atoms with E-state index in [1.54, 1.807) is 11.1 Å². The number of aryl methyl sites for hydroxylation is 1. The Labute approximate surface area is 159 Å². The van der Waals surface area contributed by atoms with Gasteiger partial charge in [-0.3, -0.25) is 9.47 Å². The number of likely N-dealkylation sites (tertiary alicyclic amines) is 1. The molecule has 0 spiro atoms. The van der Waals surface area contributed by atoms with E-state index < -0.39 is 0 Å². The van der Waals surface area contributed by atoms with E-state index in [-0.39, 0.29) is 5.69 Å². The highest BCUT2D eigenvalue weighted by Gasteiger charge is 2.31. The Kier molecular flexibility index (Phi) is 4.16. The summed E-state index contributed by atoms with van der Waals surface area (Å²) in [5.74, 6) is 0. The maximum absolute atomic E-state index is 12.5. The second-order valence-corrected chi connectivity index (χ2v) is 8.14. The molecule has 2 heterocycles. The van der Waals surface area contributed by atoms with Crippen LogP contribution < -0.4 is 5.69 Å². The van der Waals surface area contributed by atoms with E-state index in [1.807, 2.05) is 22.8 Å². The average molecular weight is 361 g/mol. The molecule has 0 radical (unpaired) electrons. The highest BCUT2D eigenvalue weighted by molar-refractivity contribution is 5.75. The fraction of sp³-hybridized carbons (Fsp3) is 0.435. The molecule has 5 rings (SSSR count). The smallest absolute Gasteiger partial charge is 0.306 e. The molecule has 1 fully saturated rings. The van der Waals surface area contributed by atoms with Crippen molar-refractivity contribution in [3.05, 3.63) is 69.6 Å². The monoisotopic (exact) mass is 361 g/mol. The van der Waals surface area contributed by atoms with Gasteiger partial charge < -0.3 is 4.98 Å². The first kappa shape index (κ1) is 16.8. The third-order valence-corrected chi connectivity index (χ3v) is 6.64. The zero-order valence-corrected chi connectivity index (χ0v) is 15.9. The molecule has 2 aliphatic rings. The van der Waals surface area contributed by atoms with Gasteiger partial charge in [0.25, 0.3) is 0 Å². The zero-order chi connectivity index (χ0) is 18.4. The average Bonchev–Trinajstić information content (AvgIpc) is 3.04. The lowest BCUT2D eigenvalue weighted by Crippen LogP contribution is -2.40. The third kappa shape index (κ3) is 2.83. The molecular weight excluding hydrogens is 334 g/mol. The van der Waals surface area contributed by atoms with Crippen LogP contribution in [0.1, 0.15) is 54.5 Å². The number of nitrogens with zero attached hydrogens (tertiary/aromatic N) is 2. The Balaban J connectivity index is 1.38. The lowest BCUT2D eigenvalue weighted by Gasteiger charge is -2.40. The SMILES string of the molecule is Cc1cccc2c1CCC[C@H]2N1CCC(n2c(=O)[nH]c3ccccc32)CC1. The molecular formula is C23H27N3O. The summed E-state index contributed by atoms with van der Waals surface area (Å²) in [5, 5.41) is 0. The van der Waals surface area contributed by atoms with Crippen LogP contribution in [0.15, 0.2) is 47.3 Å². The number of nitrogens with one attached hydrogen (secondary N) is 1. The number of H-pyrrole nitrogens is 1. The van der Waals surface area contributed by atoms with Crippen molar-refractivity contribution in [2.75, 3.05) is 13.1 Å². The van der Waals surface area contributed by atoms with Gasteiger partial charge >= 0.3 is 5.69 Å². The minimum atomic E-state index is 0.0355. The summed E-state index contributed by atoms with van der Waals surface area (Å²) >= 11 is 0. The van der Waals surface area contributed by atoms with Crippen molar-refractivity contribution in [2.24, 2.45) is 0 Å². The van der Waals surface area contributed by atoms with Gasteiger partial charge in [0.1, 0.15) is 0 Å². The largest absolute Gasteiger partial charge is 0.326 e. The Hall–Kier alpha value is -2.33. The third-order valence-electron chi connectivity index (χ3n) is 6.64. The van der Waals surface area contributed by atoms with E-state index in [0.29, 0.717) is 12.1 Å². The molecule has 3 aromatic rings. The van der Waals surface area contributed by atoms with Gasteiger partial charge in [0.15, 0.2) is 0 Å². The molecule has 0 bridgehead atoms. The van der Waals surface area contributed by atoms with Gasteiger partial charge in [-0.15, -0.1) is 0 Å². The van der Waals surface area contributed by atoms with Gasteiger partial charge in [-0.05, 0) is 67.9 Å². The quantitative estimate of drug-likeness (QED) is 0.737. The number of rotatable bonds is 2. The molecule has 4 nitrogen and oxygen atoms in total. The van der Waals surface area contributed by atoms with E-state index in [4.69, 9.17) is 0 Å². The molecule has 1 saturated heterocycles. The number of hydrogen-bond acceptors (Lipinski definition) is 2. The summed E-state index contributed by atoms with van der Waals surface area (Å²) in [6.07, 6.45) is 5.84. The number of para-hydroxylation sites is 2. The normalized spacial score (nSPS) is 21.4. The van der Waals surface area contributed by atoms with E-state index in [2.05, 4.69) is 41.1 Å². The predicted octanol–water partition coefficient (Wildman–Crippen LogP) is 4.35. The number of hydrogen-bond donors (Lipinski definition) is 1.